The van der Waals surface area contributed by atoms with E-state index in [1.165, 1.54) is 5.56 Å². The molecule has 1 amide bonds. The van der Waals surface area contributed by atoms with E-state index < -0.39 is 10.0 Å². The van der Waals surface area contributed by atoms with Crippen molar-refractivity contribution in [3.8, 4) is 0 Å². The molecule has 2 heterocycles. The number of nitrogens with one attached hydrogen (secondary N) is 1. The summed E-state index contributed by atoms with van der Waals surface area (Å²) in [7, 11) is -3.51. The van der Waals surface area contributed by atoms with Crippen LogP contribution in [-0.4, -0.2) is 44.8 Å². The van der Waals surface area contributed by atoms with Crippen molar-refractivity contribution in [2.24, 2.45) is 0 Å². The molecule has 1 N–H and O–H groups in total. The molecule has 154 valence electrons. The third-order valence-corrected chi connectivity index (χ3v) is 7.79. The van der Waals surface area contributed by atoms with Gasteiger partial charge in [-0.25, -0.2) is 8.42 Å². The number of hydrogen-bond donors (Lipinski definition) is 1. The van der Waals surface area contributed by atoms with Crippen molar-refractivity contribution >= 4 is 27.3 Å². The molecule has 7 heteroatoms. The van der Waals surface area contributed by atoms with Gasteiger partial charge in [-0.2, -0.15) is 4.31 Å². The number of nitrogens with zero attached hydrogens (tertiary/aromatic N) is 2. The van der Waals surface area contributed by atoms with E-state index in [2.05, 4.69) is 5.32 Å². The maximum atomic E-state index is 13.1. The second-order valence-corrected chi connectivity index (χ2v) is 9.63. The molecule has 0 unspecified atom stereocenters. The van der Waals surface area contributed by atoms with Crippen LogP contribution in [0.4, 0.5) is 11.4 Å². The molecular weight excluding hydrogens is 386 g/mol. The Hall–Kier alpha value is -2.38. The molecule has 29 heavy (non-hydrogen) atoms. The fourth-order valence-corrected chi connectivity index (χ4v) is 5.87. The Bertz CT molecular complexity index is 1010. The second-order valence-electron chi connectivity index (χ2n) is 7.72. The zero-order valence-corrected chi connectivity index (χ0v) is 17.5. The summed E-state index contributed by atoms with van der Waals surface area (Å²) in [4.78, 5) is 14.8. The van der Waals surface area contributed by atoms with Gasteiger partial charge in [0, 0.05) is 31.0 Å². The monoisotopic (exact) mass is 413 g/mol. The number of hydrogen-bond acceptors (Lipinski definition) is 4. The van der Waals surface area contributed by atoms with Gasteiger partial charge in [0.25, 0.3) is 0 Å². The highest BCUT2D eigenvalue weighted by atomic mass is 32.2. The lowest BCUT2D eigenvalue weighted by Crippen LogP contribution is -2.36. The largest absolute Gasteiger partial charge is 0.376 e. The molecule has 0 spiro atoms. The Kier molecular flexibility index (Phi) is 5.61. The van der Waals surface area contributed by atoms with Gasteiger partial charge >= 0.3 is 0 Å². The first-order chi connectivity index (χ1) is 14.0. The van der Waals surface area contributed by atoms with Gasteiger partial charge in [0.1, 0.15) is 0 Å². The third kappa shape index (κ3) is 4.02. The van der Waals surface area contributed by atoms with Crippen molar-refractivity contribution in [3.63, 3.8) is 0 Å². The number of fused-ring (bicyclic) bond motifs is 1. The van der Waals surface area contributed by atoms with Gasteiger partial charge in [-0.1, -0.05) is 30.7 Å². The topological polar surface area (TPSA) is 69.7 Å². The van der Waals surface area contributed by atoms with Crippen LogP contribution in [0.2, 0.25) is 0 Å². The third-order valence-electron chi connectivity index (χ3n) is 5.75. The van der Waals surface area contributed by atoms with E-state index in [0.29, 0.717) is 30.2 Å². The van der Waals surface area contributed by atoms with E-state index in [1.807, 2.05) is 37.3 Å². The first-order valence-corrected chi connectivity index (χ1v) is 11.6. The molecule has 2 aromatic carbocycles. The number of carbonyl (C=O) groups is 1. The highest BCUT2D eigenvalue weighted by Crippen LogP contribution is 2.28. The summed E-state index contributed by atoms with van der Waals surface area (Å²) in [6, 6.07) is 13.2. The van der Waals surface area contributed by atoms with Crippen molar-refractivity contribution in [1.29, 1.82) is 0 Å². The molecule has 0 aromatic heterocycles. The number of anilines is 2. The summed E-state index contributed by atoms with van der Waals surface area (Å²) < 4.78 is 27.7. The minimum Gasteiger partial charge on any atom is -0.376 e. The molecule has 2 aliphatic heterocycles. The van der Waals surface area contributed by atoms with Gasteiger partial charge in [0.2, 0.25) is 15.9 Å². The normalized spacial score (nSPS) is 17.2. The van der Waals surface area contributed by atoms with Gasteiger partial charge < -0.3 is 10.2 Å². The van der Waals surface area contributed by atoms with Crippen LogP contribution in [0.5, 0.6) is 0 Å². The molecule has 0 bridgehead atoms. The van der Waals surface area contributed by atoms with Crippen molar-refractivity contribution in [1.82, 2.24) is 4.31 Å². The number of para-hydroxylation sites is 1. The summed E-state index contributed by atoms with van der Waals surface area (Å²) in [6.45, 7) is 3.77. The summed E-state index contributed by atoms with van der Waals surface area (Å²) >= 11 is 0. The van der Waals surface area contributed by atoms with Crippen molar-refractivity contribution in [2.75, 3.05) is 36.4 Å². The number of benzene rings is 2. The molecule has 0 radical (unpaired) electrons. The van der Waals surface area contributed by atoms with Crippen LogP contribution in [-0.2, 0) is 21.2 Å². The number of carbonyl (C=O) groups excluding carboxylic acids is 1. The Balaban J connectivity index is 1.48. The van der Waals surface area contributed by atoms with Crippen molar-refractivity contribution in [3.05, 3.63) is 53.6 Å². The predicted octanol–water partition coefficient (Wildman–Crippen LogP) is 3.17. The molecular formula is C22H27N3O3S. The van der Waals surface area contributed by atoms with Crippen molar-refractivity contribution in [2.45, 2.75) is 37.5 Å². The Labute approximate surface area is 172 Å². The first-order valence-electron chi connectivity index (χ1n) is 10.2. The van der Waals surface area contributed by atoms with E-state index >= 15 is 0 Å². The van der Waals surface area contributed by atoms with Gasteiger partial charge in [-0.05, 0) is 55.5 Å². The molecule has 6 nitrogen and oxygen atoms in total. The van der Waals surface area contributed by atoms with Crippen LogP contribution < -0.4 is 10.2 Å². The molecule has 4 rings (SSSR count). The number of rotatable bonds is 5. The summed E-state index contributed by atoms with van der Waals surface area (Å²) in [5.41, 5.74) is 3.52. The maximum absolute atomic E-state index is 13.1. The van der Waals surface area contributed by atoms with E-state index in [-0.39, 0.29) is 12.5 Å². The minimum absolute atomic E-state index is 0.0176. The zero-order valence-electron chi connectivity index (χ0n) is 16.7. The van der Waals surface area contributed by atoms with Crippen LogP contribution in [0.25, 0.3) is 0 Å². The quantitative estimate of drug-likeness (QED) is 0.817. The smallest absolute Gasteiger partial charge is 0.246 e. The minimum atomic E-state index is -3.51. The second kappa shape index (κ2) is 8.16. The molecule has 0 saturated carbocycles. The lowest BCUT2D eigenvalue weighted by molar-refractivity contribution is -0.116. The summed E-state index contributed by atoms with van der Waals surface area (Å²) in [5, 5.41) is 3.12. The Morgan fingerprint density at radius 3 is 2.59 bits per heavy atom. The maximum Gasteiger partial charge on any atom is 0.246 e. The van der Waals surface area contributed by atoms with E-state index in [1.54, 1.807) is 21.3 Å². The van der Waals surface area contributed by atoms with E-state index in [9.17, 15) is 13.2 Å². The van der Waals surface area contributed by atoms with Crippen LogP contribution in [0.1, 0.15) is 30.4 Å². The fraction of sp³-hybridized carbons (Fsp3) is 0.409. The van der Waals surface area contributed by atoms with Crippen LogP contribution in [0.3, 0.4) is 0 Å². The van der Waals surface area contributed by atoms with Crippen LogP contribution >= 0.6 is 0 Å². The predicted molar refractivity (Wildman–Crippen MR) is 115 cm³/mol. The zero-order chi connectivity index (χ0) is 20.4. The first kappa shape index (κ1) is 19.9. The Morgan fingerprint density at radius 2 is 1.79 bits per heavy atom. The van der Waals surface area contributed by atoms with E-state index in [4.69, 9.17) is 0 Å². The van der Waals surface area contributed by atoms with Gasteiger partial charge in [-0.3, -0.25) is 4.79 Å². The SMILES string of the molecule is Cc1ccc(NCC(=O)N2CCc3ccccc32)cc1S(=O)(=O)N1CCCCC1. The van der Waals surface area contributed by atoms with E-state index in [0.717, 1.165) is 36.9 Å². The van der Waals surface area contributed by atoms with Crippen molar-refractivity contribution < 1.29 is 13.2 Å². The number of sulfonamides is 1. The number of amides is 1. The number of piperidine rings is 1. The average Bonchev–Trinajstić information content (AvgIpc) is 3.18. The summed E-state index contributed by atoms with van der Waals surface area (Å²) in [6.07, 6.45) is 3.75. The number of aryl methyl sites for hydroxylation is 1. The highest BCUT2D eigenvalue weighted by Gasteiger charge is 2.28. The molecule has 1 saturated heterocycles. The molecule has 2 aliphatic rings. The molecule has 0 atom stereocenters. The lowest BCUT2D eigenvalue weighted by atomic mass is 10.2. The molecule has 1 fully saturated rings. The standard InChI is InChI=1S/C22H27N3O3S/c1-17-9-10-19(15-21(17)29(27,28)24-12-5-2-6-13-24)23-16-22(26)25-14-11-18-7-3-4-8-20(18)25/h3-4,7-10,15,23H,2,5-6,11-14,16H2,1H3. The Morgan fingerprint density at radius 1 is 1.03 bits per heavy atom. The van der Waals surface area contributed by atoms with Gasteiger partial charge in [0.05, 0.1) is 11.4 Å². The average molecular weight is 414 g/mol. The van der Waals surface area contributed by atoms with Crippen LogP contribution in [0, 0.1) is 6.92 Å². The van der Waals surface area contributed by atoms with Gasteiger partial charge in [0.15, 0.2) is 0 Å². The molecule has 0 aliphatic carbocycles. The van der Waals surface area contributed by atoms with Gasteiger partial charge in [-0.15, -0.1) is 0 Å². The fourth-order valence-electron chi connectivity index (χ4n) is 4.10. The summed E-state index contributed by atoms with van der Waals surface area (Å²) in [5.74, 6) is -0.0176. The van der Waals surface area contributed by atoms with Crippen LogP contribution in [0.15, 0.2) is 47.4 Å². The lowest BCUT2D eigenvalue weighted by Gasteiger charge is -2.26. The molecule has 2 aromatic rings. The highest BCUT2D eigenvalue weighted by molar-refractivity contribution is 7.89.